The van der Waals surface area contributed by atoms with Crippen molar-refractivity contribution in [3.8, 4) is 0 Å². The lowest BCUT2D eigenvalue weighted by atomic mass is 9.79. The molecule has 0 radical (unpaired) electrons. The first-order valence-corrected chi connectivity index (χ1v) is 8.84. The molecule has 0 spiro atoms. The number of carbonyl (C=O) groups excluding carboxylic acids is 1. The van der Waals surface area contributed by atoms with Crippen LogP contribution in [0.2, 0.25) is 0 Å². The summed E-state index contributed by atoms with van der Waals surface area (Å²) in [6.45, 7) is 2.82. The number of urea groups is 1. The van der Waals surface area contributed by atoms with Crippen LogP contribution in [0.25, 0.3) is 0 Å². The molecular weight excluding hydrogens is 288 g/mol. The maximum absolute atomic E-state index is 12.2. The number of hydrogen-bond acceptors (Lipinski definition) is 3. The maximum atomic E-state index is 12.2. The molecule has 5 nitrogen and oxygen atoms in total. The lowest BCUT2D eigenvalue weighted by Crippen LogP contribution is -2.55. The van der Waals surface area contributed by atoms with Crippen LogP contribution >= 0.6 is 11.8 Å². The summed E-state index contributed by atoms with van der Waals surface area (Å²) < 4.78 is 0.129. The van der Waals surface area contributed by atoms with Gasteiger partial charge in [0.1, 0.15) is 0 Å². The molecule has 1 aliphatic carbocycles. The standard InChI is InChI=1S/C15H26N2O3S/c1-14(6-5-9-21-14)11-16-13(20)17-15(10-12(18)19)7-3-2-4-8-15/h2-11H2,1H3,(H,18,19)(H2,16,17,20). The summed E-state index contributed by atoms with van der Waals surface area (Å²) in [5, 5.41) is 15.0. The number of hydrogen-bond donors (Lipinski definition) is 3. The number of carboxylic acids is 1. The fraction of sp³-hybridized carbons (Fsp3) is 0.867. The second-order valence-corrected chi connectivity index (χ2v) is 8.30. The lowest BCUT2D eigenvalue weighted by Gasteiger charge is -2.37. The summed E-state index contributed by atoms with van der Waals surface area (Å²) in [6, 6.07) is -0.216. The summed E-state index contributed by atoms with van der Waals surface area (Å²) in [6.07, 6.45) is 6.97. The van der Waals surface area contributed by atoms with Crippen LogP contribution in [-0.2, 0) is 4.79 Å². The highest BCUT2D eigenvalue weighted by atomic mass is 32.2. The van der Waals surface area contributed by atoms with Gasteiger partial charge in [-0.05, 0) is 38.4 Å². The molecule has 0 bridgehead atoms. The predicted octanol–water partition coefficient (Wildman–Crippen LogP) is 2.75. The normalized spacial score (nSPS) is 28.0. The van der Waals surface area contributed by atoms with Crippen LogP contribution in [0.3, 0.4) is 0 Å². The van der Waals surface area contributed by atoms with E-state index in [2.05, 4.69) is 17.6 Å². The molecule has 3 N–H and O–H groups in total. The summed E-state index contributed by atoms with van der Waals surface area (Å²) in [5.41, 5.74) is -0.558. The molecule has 6 heteroatoms. The van der Waals surface area contributed by atoms with E-state index in [4.69, 9.17) is 5.11 Å². The number of aliphatic carboxylic acids is 1. The Morgan fingerprint density at radius 3 is 2.43 bits per heavy atom. The number of nitrogens with one attached hydrogen (secondary N) is 2. The van der Waals surface area contributed by atoms with Crippen molar-refractivity contribution in [3.63, 3.8) is 0 Å². The van der Waals surface area contributed by atoms with Gasteiger partial charge in [-0.1, -0.05) is 19.3 Å². The van der Waals surface area contributed by atoms with Gasteiger partial charge in [0.05, 0.1) is 12.0 Å². The van der Waals surface area contributed by atoms with Crippen LogP contribution in [0.15, 0.2) is 0 Å². The third-order valence-corrected chi connectivity index (χ3v) is 6.14. The van der Waals surface area contributed by atoms with Gasteiger partial charge in [-0.2, -0.15) is 11.8 Å². The molecule has 1 saturated carbocycles. The average molecular weight is 314 g/mol. The fourth-order valence-electron chi connectivity index (χ4n) is 3.39. The van der Waals surface area contributed by atoms with E-state index in [1.807, 2.05) is 11.8 Å². The quantitative estimate of drug-likeness (QED) is 0.729. The molecule has 21 heavy (non-hydrogen) atoms. The van der Waals surface area contributed by atoms with Crippen molar-refractivity contribution in [2.45, 2.75) is 68.6 Å². The number of rotatable bonds is 5. The Balaban J connectivity index is 1.87. The van der Waals surface area contributed by atoms with Gasteiger partial charge in [-0.3, -0.25) is 4.79 Å². The largest absolute Gasteiger partial charge is 0.481 e. The second kappa shape index (κ2) is 6.90. The van der Waals surface area contributed by atoms with Gasteiger partial charge >= 0.3 is 12.0 Å². The van der Waals surface area contributed by atoms with Crippen LogP contribution in [0.1, 0.15) is 58.3 Å². The first-order chi connectivity index (χ1) is 9.93. The van der Waals surface area contributed by atoms with Gasteiger partial charge in [-0.25, -0.2) is 4.79 Å². The molecule has 120 valence electrons. The van der Waals surface area contributed by atoms with Crippen molar-refractivity contribution in [1.29, 1.82) is 0 Å². The number of carbonyl (C=O) groups is 2. The van der Waals surface area contributed by atoms with Crippen molar-refractivity contribution < 1.29 is 14.7 Å². The number of carboxylic acid groups (broad SMARTS) is 1. The summed E-state index contributed by atoms with van der Waals surface area (Å²) in [7, 11) is 0. The molecule has 0 aromatic carbocycles. The Morgan fingerprint density at radius 2 is 1.86 bits per heavy atom. The van der Waals surface area contributed by atoms with Crippen LogP contribution in [-0.4, -0.2) is 39.7 Å². The molecular formula is C15H26N2O3S. The van der Waals surface area contributed by atoms with Gasteiger partial charge < -0.3 is 15.7 Å². The van der Waals surface area contributed by atoms with E-state index in [1.165, 1.54) is 6.42 Å². The molecule has 2 aliphatic rings. The molecule has 1 atom stereocenters. The van der Waals surface area contributed by atoms with E-state index < -0.39 is 11.5 Å². The molecule has 2 amide bonds. The first kappa shape index (κ1) is 16.5. The average Bonchev–Trinajstić information content (AvgIpc) is 2.84. The highest BCUT2D eigenvalue weighted by molar-refractivity contribution is 8.00. The van der Waals surface area contributed by atoms with E-state index in [-0.39, 0.29) is 17.2 Å². The summed E-state index contributed by atoms with van der Waals surface area (Å²) in [5.74, 6) is 0.318. The minimum absolute atomic E-state index is 0.0203. The second-order valence-electron chi connectivity index (χ2n) is 6.62. The number of thioether (sulfide) groups is 1. The predicted molar refractivity (Wildman–Crippen MR) is 84.7 cm³/mol. The van der Waals surface area contributed by atoms with Gasteiger partial charge in [0, 0.05) is 11.3 Å². The zero-order valence-electron chi connectivity index (χ0n) is 12.7. The van der Waals surface area contributed by atoms with E-state index in [0.717, 1.165) is 44.3 Å². The summed E-state index contributed by atoms with van der Waals surface area (Å²) >= 11 is 1.91. The monoisotopic (exact) mass is 314 g/mol. The van der Waals surface area contributed by atoms with Gasteiger partial charge in [0.2, 0.25) is 0 Å². The van der Waals surface area contributed by atoms with E-state index in [0.29, 0.717) is 6.54 Å². The molecule has 0 aromatic rings. The fourth-order valence-corrected chi connectivity index (χ4v) is 4.64. The summed E-state index contributed by atoms with van der Waals surface area (Å²) in [4.78, 5) is 23.3. The first-order valence-electron chi connectivity index (χ1n) is 7.85. The Labute approximate surface area is 130 Å². The zero-order chi connectivity index (χ0) is 15.3. The van der Waals surface area contributed by atoms with E-state index in [9.17, 15) is 9.59 Å². The molecule has 1 unspecified atom stereocenters. The molecule has 1 aliphatic heterocycles. The Bertz CT molecular complexity index is 388. The van der Waals surface area contributed by atoms with Crippen LogP contribution in [0.4, 0.5) is 4.79 Å². The van der Waals surface area contributed by atoms with Crippen LogP contribution in [0.5, 0.6) is 0 Å². The zero-order valence-corrected chi connectivity index (χ0v) is 13.6. The highest BCUT2D eigenvalue weighted by Crippen LogP contribution is 2.37. The Morgan fingerprint density at radius 1 is 1.14 bits per heavy atom. The van der Waals surface area contributed by atoms with E-state index in [1.54, 1.807) is 0 Å². The topological polar surface area (TPSA) is 78.4 Å². The minimum atomic E-state index is -0.837. The van der Waals surface area contributed by atoms with Crippen molar-refractivity contribution in [2.24, 2.45) is 0 Å². The maximum Gasteiger partial charge on any atom is 0.315 e. The van der Waals surface area contributed by atoms with Gasteiger partial charge in [0.25, 0.3) is 0 Å². The third kappa shape index (κ3) is 4.80. The Hall–Kier alpha value is -0.910. The van der Waals surface area contributed by atoms with Gasteiger partial charge in [0.15, 0.2) is 0 Å². The van der Waals surface area contributed by atoms with E-state index >= 15 is 0 Å². The van der Waals surface area contributed by atoms with Crippen LogP contribution in [0, 0.1) is 0 Å². The smallest absolute Gasteiger partial charge is 0.315 e. The number of amides is 2. The lowest BCUT2D eigenvalue weighted by molar-refractivity contribution is -0.139. The molecule has 2 fully saturated rings. The van der Waals surface area contributed by atoms with Crippen LogP contribution < -0.4 is 10.6 Å². The molecule has 1 heterocycles. The van der Waals surface area contributed by atoms with Crippen molar-refractivity contribution in [3.05, 3.63) is 0 Å². The van der Waals surface area contributed by atoms with Crippen molar-refractivity contribution in [2.75, 3.05) is 12.3 Å². The molecule has 2 rings (SSSR count). The molecule has 0 aromatic heterocycles. The third-order valence-electron chi connectivity index (χ3n) is 4.60. The SMILES string of the molecule is CC1(CNC(=O)NC2(CC(=O)O)CCCCC2)CCCS1. The van der Waals surface area contributed by atoms with Crippen molar-refractivity contribution >= 4 is 23.8 Å². The minimum Gasteiger partial charge on any atom is -0.481 e. The van der Waals surface area contributed by atoms with Crippen molar-refractivity contribution in [1.82, 2.24) is 10.6 Å². The van der Waals surface area contributed by atoms with Gasteiger partial charge in [-0.15, -0.1) is 0 Å². The molecule has 1 saturated heterocycles. The highest BCUT2D eigenvalue weighted by Gasteiger charge is 2.36. The Kier molecular flexibility index (Phi) is 5.41.